The van der Waals surface area contributed by atoms with Crippen molar-refractivity contribution in [2.45, 2.75) is 57.8 Å². The SMILES string of the molecule is O=C1OCCC1CCCCOCCCOCCCCC1CCOC1=O. The smallest absolute Gasteiger partial charge is 0.309 e. The summed E-state index contributed by atoms with van der Waals surface area (Å²) in [6, 6.07) is 0. The van der Waals surface area contributed by atoms with E-state index in [1.165, 1.54) is 0 Å². The van der Waals surface area contributed by atoms with E-state index in [2.05, 4.69) is 0 Å². The van der Waals surface area contributed by atoms with Gasteiger partial charge >= 0.3 is 11.9 Å². The van der Waals surface area contributed by atoms with Crippen LogP contribution in [-0.4, -0.2) is 51.6 Å². The van der Waals surface area contributed by atoms with Gasteiger partial charge in [-0.1, -0.05) is 12.8 Å². The standard InChI is InChI=1S/C19H32O6/c20-18-16(8-14-24-18)6-1-3-10-22-12-5-13-23-11-4-2-7-17-9-15-25-19(17)21/h16-17H,1-15H2. The van der Waals surface area contributed by atoms with E-state index >= 15 is 0 Å². The molecule has 25 heavy (non-hydrogen) atoms. The van der Waals surface area contributed by atoms with Crippen molar-refractivity contribution >= 4 is 11.9 Å². The van der Waals surface area contributed by atoms with Gasteiger partial charge in [-0.2, -0.15) is 0 Å². The van der Waals surface area contributed by atoms with Crippen LogP contribution in [0.3, 0.4) is 0 Å². The molecule has 0 aliphatic carbocycles. The summed E-state index contributed by atoms with van der Waals surface area (Å²) < 4.78 is 21.1. The molecule has 144 valence electrons. The molecule has 0 N–H and O–H groups in total. The lowest BCUT2D eigenvalue weighted by Gasteiger charge is -2.08. The van der Waals surface area contributed by atoms with Gasteiger partial charge in [-0.3, -0.25) is 9.59 Å². The summed E-state index contributed by atoms with van der Waals surface area (Å²) in [5.41, 5.74) is 0. The minimum atomic E-state index is -0.0266. The van der Waals surface area contributed by atoms with Crippen LogP contribution < -0.4 is 0 Å². The first-order chi connectivity index (χ1) is 12.3. The molecule has 2 atom stereocenters. The number of ether oxygens (including phenoxy) is 4. The van der Waals surface area contributed by atoms with E-state index < -0.39 is 0 Å². The molecule has 0 amide bonds. The first kappa shape index (κ1) is 20.2. The van der Waals surface area contributed by atoms with Crippen LogP contribution in [0.4, 0.5) is 0 Å². The summed E-state index contributed by atoms with van der Waals surface area (Å²) in [5, 5.41) is 0. The molecule has 2 aliphatic rings. The van der Waals surface area contributed by atoms with Gasteiger partial charge in [-0.15, -0.1) is 0 Å². The Hall–Kier alpha value is -1.14. The molecular formula is C19H32O6. The Morgan fingerprint density at radius 2 is 1.12 bits per heavy atom. The van der Waals surface area contributed by atoms with Crippen molar-refractivity contribution in [2.75, 3.05) is 39.6 Å². The summed E-state index contributed by atoms with van der Waals surface area (Å²) >= 11 is 0. The van der Waals surface area contributed by atoms with Gasteiger partial charge in [0, 0.05) is 26.4 Å². The summed E-state index contributed by atoms with van der Waals surface area (Å²) in [4.78, 5) is 22.6. The Kier molecular flexibility index (Phi) is 9.89. The molecule has 0 aromatic carbocycles. The van der Waals surface area contributed by atoms with E-state index in [1.807, 2.05) is 0 Å². The second-order valence-electron chi connectivity index (χ2n) is 6.88. The number of rotatable bonds is 14. The van der Waals surface area contributed by atoms with Crippen molar-refractivity contribution in [1.82, 2.24) is 0 Å². The monoisotopic (exact) mass is 356 g/mol. The Morgan fingerprint density at radius 1 is 0.680 bits per heavy atom. The maximum atomic E-state index is 11.3. The van der Waals surface area contributed by atoms with Crippen molar-refractivity contribution in [1.29, 1.82) is 0 Å². The van der Waals surface area contributed by atoms with Crippen LogP contribution in [0.1, 0.15) is 57.8 Å². The van der Waals surface area contributed by atoms with Crippen LogP contribution in [0.2, 0.25) is 0 Å². The van der Waals surface area contributed by atoms with Gasteiger partial charge in [-0.05, 0) is 44.9 Å². The Morgan fingerprint density at radius 3 is 1.52 bits per heavy atom. The highest BCUT2D eigenvalue weighted by atomic mass is 16.5. The minimum absolute atomic E-state index is 0.0266. The topological polar surface area (TPSA) is 71.1 Å². The first-order valence-corrected chi connectivity index (χ1v) is 9.76. The van der Waals surface area contributed by atoms with E-state index in [1.54, 1.807) is 0 Å². The average molecular weight is 356 g/mol. The van der Waals surface area contributed by atoms with Gasteiger partial charge in [0.25, 0.3) is 0 Å². The minimum Gasteiger partial charge on any atom is -0.465 e. The third-order valence-electron chi connectivity index (χ3n) is 4.85. The molecule has 0 radical (unpaired) electrons. The maximum absolute atomic E-state index is 11.3. The van der Waals surface area contributed by atoms with Gasteiger partial charge < -0.3 is 18.9 Å². The Labute approximate surface area is 150 Å². The lowest BCUT2D eigenvalue weighted by atomic mass is 10.0. The number of cyclic esters (lactones) is 2. The van der Waals surface area contributed by atoms with Crippen LogP contribution in [0.25, 0.3) is 0 Å². The molecule has 6 nitrogen and oxygen atoms in total. The second kappa shape index (κ2) is 12.3. The van der Waals surface area contributed by atoms with Gasteiger partial charge in [0.15, 0.2) is 0 Å². The quantitative estimate of drug-likeness (QED) is 0.352. The first-order valence-electron chi connectivity index (χ1n) is 9.76. The van der Waals surface area contributed by atoms with E-state index in [4.69, 9.17) is 18.9 Å². The molecular weight excluding hydrogens is 324 g/mol. The molecule has 0 aromatic heterocycles. The lowest BCUT2D eigenvalue weighted by Crippen LogP contribution is -2.08. The van der Waals surface area contributed by atoms with E-state index in [0.717, 1.165) is 84.2 Å². The lowest BCUT2D eigenvalue weighted by molar-refractivity contribution is -0.142. The van der Waals surface area contributed by atoms with Crippen LogP contribution in [0.5, 0.6) is 0 Å². The normalized spacial score (nSPS) is 23.0. The fraction of sp³-hybridized carbons (Fsp3) is 0.895. The molecule has 2 fully saturated rings. The highest BCUT2D eigenvalue weighted by molar-refractivity contribution is 5.74. The molecule has 0 saturated carbocycles. The third kappa shape index (κ3) is 8.19. The fourth-order valence-electron chi connectivity index (χ4n) is 3.26. The van der Waals surface area contributed by atoms with Gasteiger partial charge in [0.1, 0.15) is 0 Å². The number of esters is 2. The number of unbranched alkanes of at least 4 members (excludes halogenated alkanes) is 2. The predicted octanol–water partition coefficient (Wildman–Crippen LogP) is 2.88. The molecule has 2 saturated heterocycles. The average Bonchev–Trinajstić information content (AvgIpc) is 3.20. The van der Waals surface area contributed by atoms with Gasteiger partial charge in [0.05, 0.1) is 25.0 Å². The number of hydrogen-bond donors (Lipinski definition) is 0. The fourth-order valence-corrected chi connectivity index (χ4v) is 3.26. The van der Waals surface area contributed by atoms with Crippen LogP contribution in [0.15, 0.2) is 0 Å². The molecule has 2 heterocycles. The maximum Gasteiger partial charge on any atom is 0.309 e. The largest absolute Gasteiger partial charge is 0.465 e. The number of carbonyl (C=O) groups excluding carboxylic acids is 2. The van der Waals surface area contributed by atoms with Gasteiger partial charge in [0.2, 0.25) is 0 Å². The summed E-state index contributed by atoms with van der Waals surface area (Å²) in [6.07, 6.45) is 8.53. The molecule has 2 rings (SSSR count). The van der Waals surface area contributed by atoms with Gasteiger partial charge in [-0.25, -0.2) is 0 Å². The highest BCUT2D eigenvalue weighted by Crippen LogP contribution is 2.21. The van der Waals surface area contributed by atoms with Crippen LogP contribution in [-0.2, 0) is 28.5 Å². The Bertz CT molecular complexity index is 361. The molecule has 0 bridgehead atoms. The zero-order chi connectivity index (χ0) is 17.7. The molecule has 0 aromatic rings. The van der Waals surface area contributed by atoms with Crippen molar-refractivity contribution < 1.29 is 28.5 Å². The Balaban J connectivity index is 1.27. The zero-order valence-electron chi connectivity index (χ0n) is 15.2. The van der Waals surface area contributed by atoms with E-state index in [-0.39, 0.29) is 23.8 Å². The van der Waals surface area contributed by atoms with Crippen molar-refractivity contribution in [3.63, 3.8) is 0 Å². The highest BCUT2D eigenvalue weighted by Gasteiger charge is 2.26. The van der Waals surface area contributed by atoms with Crippen molar-refractivity contribution in [2.24, 2.45) is 11.8 Å². The second-order valence-corrected chi connectivity index (χ2v) is 6.88. The van der Waals surface area contributed by atoms with Crippen molar-refractivity contribution in [3.05, 3.63) is 0 Å². The molecule has 2 aliphatic heterocycles. The van der Waals surface area contributed by atoms with Crippen LogP contribution >= 0.6 is 0 Å². The number of carbonyl (C=O) groups is 2. The molecule has 0 spiro atoms. The summed E-state index contributed by atoms with van der Waals surface area (Å²) in [6.45, 7) is 4.12. The summed E-state index contributed by atoms with van der Waals surface area (Å²) in [7, 11) is 0. The molecule has 2 unspecified atom stereocenters. The number of hydrogen-bond acceptors (Lipinski definition) is 6. The van der Waals surface area contributed by atoms with Crippen LogP contribution in [0, 0.1) is 11.8 Å². The predicted molar refractivity (Wildman–Crippen MR) is 92.1 cm³/mol. The zero-order valence-corrected chi connectivity index (χ0v) is 15.2. The molecule has 6 heteroatoms. The third-order valence-corrected chi connectivity index (χ3v) is 4.85. The van der Waals surface area contributed by atoms with Crippen molar-refractivity contribution in [3.8, 4) is 0 Å². The van der Waals surface area contributed by atoms with E-state index in [9.17, 15) is 9.59 Å². The summed E-state index contributed by atoms with van der Waals surface area (Å²) in [5.74, 6) is 0.183. The van der Waals surface area contributed by atoms with E-state index in [0.29, 0.717) is 13.2 Å².